The van der Waals surface area contributed by atoms with E-state index in [2.05, 4.69) is 5.10 Å². The lowest BCUT2D eigenvalue weighted by Crippen LogP contribution is -2.44. The fourth-order valence-corrected chi connectivity index (χ4v) is 6.43. The first kappa shape index (κ1) is 33.5. The Hall–Kier alpha value is -5.38. The number of hydrazone groups is 1. The van der Waals surface area contributed by atoms with Gasteiger partial charge in [0.2, 0.25) is 11.8 Å². The number of aliphatic hydroxyl groups excluding tert-OH is 1. The molecule has 2 heterocycles. The highest BCUT2D eigenvalue weighted by atomic mass is 16.3. The Morgan fingerprint density at radius 3 is 2.29 bits per heavy atom. The van der Waals surface area contributed by atoms with Gasteiger partial charge in [-0.05, 0) is 34.9 Å². The van der Waals surface area contributed by atoms with Crippen molar-refractivity contribution in [1.82, 2.24) is 4.90 Å². The van der Waals surface area contributed by atoms with Gasteiger partial charge in [0, 0.05) is 43.8 Å². The topological polar surface area (TPSA) is 114 Å². The number of benzene rings is 4. The maximum atomic E-state index is 14.0. The number of carbonyl (C=O) groups excluding carboxylic acids is 3. The summed E-state index contributed by atoms with van der Waals surface area (Å²) in [5.41, 5.74) is 3.56. The molecule has 9 nitrogen and oxygen atoms in total. The maximum absolute atomic E-state index is 14.0. The molecule has 0 saturated heterocycles. The molecule has 0 saturated carbocycles. The molecule has 2 aliphatic rings. The van der Waals surface area contributed by atoms with Crippen molar-refractivity contribution in [2.24, 2.45) is 11.0 Å². The van der Waals surface area contributed by atoms with Crippen LogP contribution in [0.2, 0.25) is 0 Å². The van der Waals surface area contributed by atoms with Gasteiger partial charge < -0.3 is 20.0 Å². The van der Waals surface area contributed by atoms with E-state index in [4.69, 9.17) is 0 Å². The van der Waals surface area contributed by atoms with Gasteiger partial charge in [-0.15, -0.1) is 0 Å². The van der Waals surface area contributed by atoms with Crippen molar-refractivity contribution in [2.45, 2.75) is 44.9 Å². The van der Waals surface area contributed by atoms with Crippen molar-refractivity contribution in [1.29, 1.82) is 0 Å². The lowest BCUT2D eigenvalue weighted by atomic mass is 9.83. The number of hydrogen-bond donors (Lipinski definition) is 2. The molecule has 4 aromatic carbocycles. The minimum Gasteiger partial charge on any atom is -0.395 e. The van der Waals surface area contributed by atoms with Crippen molar-refractivity contribution in [3.05, 3.63) is 144 Å². The number of rotatable bonds is 12. The van der Waals surface area contributed by atoms with Crippen LogP contribution in [0.1, 0.15) is 48.4 Å². The molecule has 0 spiro atoms. The number of para-hydroxylation sites is 1. The van der Waals surface area contributed by atoms with E-state index < -0.39 is 17.4 Å². The maximum Gasteiger partial charge on any atom is 0.264 e. The summed E-state index contributed by atoms with van der Waals surface area (Å²) >= 11 is 0. The highest BCUT2D eigenvalue weighted by Crippen LogP contribution is 2.45. The zero-order chi connectivity index (χ0) is 34.4. The minimum atomic E-state index is -1.83. The van der Waals surface area contributed by atoms with Crippen LogP contribution in [0.15, 0.2) is 126 Å². The standard InChI is InChI=1S/C40H40N4O5/c1-29(11-10-18-37(46)42(25-26-45)27-30-12-4-2-5-13-30)40(49)34-16-8-9-17-36(34)43(39(40)48)28-31-19-21-33(22-20-31)44-38(47)24-23-35(41-44)32-14-6-3-7-15-32/h2-17,19-22,29,45,49H,18,23-28H2,1H3/b11-10+/t29-,40+/m0/s1. The van der Waals surface area contributed by atoms with Gasteiger partial charge in [0.1, 0.15) is 0 Å². The molecule has 2 atom stereocenters. The van der Waals surface area contributed by atoms with Gasteiger partial charge in [-0.3, -0.25) is 14.4 Å². The molecular formula is C40H40N4O5. The summed E-state index contributed by atoms with van der Waals surface area (Å²) in [7, 11) is 0. The fourth-order valence-electron chi connectivity index (χ4n) is 6.43. The summed E-state index contributed by atoms with van der Waals surface area (Å²) in [5, 5.41) is 27.6. The number of fused-ring (bicyclic) bond motifs is 1. The van der Waals surface area contributed by atoms with Gasteiger partial charge in [0.15, 0.2) is 5.60 Å². The molecule has 2 aliphatic heterocycles. The highest BCUT2D eigenvalue weighted by molar-refractivity contribution is 6.09. The molecule has 49 heavy (non-hydrogen) atoms. The average Bonchev–Trinajstić information content (AvgIpc) is 3.35. The third kappa shape index (κ3) is 7.09. The first-order chi connectivity index (χ1) is 23.8. The van der Waals surface area contributed by atoms with E-state index in [9.17, 15) is 24.6 Å². The van der Waals surface area contributed by atoms with E-state index in [-0.39, 0.29) is 37.9 Å². The third-order valence-corrected chi connectivity index (χ3v) is 9.15. The number of amides is 3. The molecule has 2 N–H and O–H groups in total. The summed E-state index contributed by atoms with van der Waals surface area (Å²) in [6.45, 7) is 2.42. The van der Waals surface area contributed by atoms with Crippen molar-refractivity contribution in [3.63, 3.8) is 0 Å². The zero-order valence-electron chi connectivity index (χ0n) is 27.5. The van der Waals surface area contributed by atoms with Crippen LogP contribution in [0, 0.1) is 5.92 Å². The average molecular weight is 657 g/mol. The monoisotopic (exact) mass is 656 g/mol. The van der Waals surface area contributed by atoms with Crippen LogP contribution in [-0.4, -0.2) is 51.7 Å². The Labute approximate surface area is 286 Å². The van der Waals surface area contributed by atoms with Gasteiger partial charge in [-0.25, -0.2) is 5.01 Å². The van der Waals surface area contributed by atoms with E-state index in [0.29, 0.717) is 36.3 Å². The van der Waals surface area contributed by atoms with Crippen LogP contribution in [-0.2, 0) is 33.1 Å². The lowest BCUT2D eigenvalue weighted by Gasteiger charge is -2.28. The molecule has 250 valence electrons. The Balaban J connectivity index is 1.15. The molecule has 4 aromatic rings. The lowest BCUT2D eigenvalue weighted by molar-refractivity contribution is -0.139. The van der Waals surface area contributed by atoms with E-state index in [1.807, 2.05) is 97.1 Å². The summed E-state index contributed by atoms with van der Waals surface area (Å²) in [5.74, 6) is -1.33. The minimum absolute atomic E-state index is 0.0650. The summed E-state index contributed by atoms with van der Waals surface area (Å²) < 4.78 is 0. The van der Waals surface area contributed by atoms with Gasteiger partial charge >= 0.3 is 0 Å². The van der Waals surface area contributed by atoms with E-state index in [1.165, 1.54) is 5.01 Å². The fraction of sp³-hybridized carbons (Fsp3) is 0.250. The van der Waals surface area contributed by atoms with Crippen LogP contribution in [0.5, 0.6) is 0 Å². The second-order valence-corrected chi connectivity index (χ2v) is 12.4. The van der Waals surface area contributed by atoms with Crippen molar-refractivity contribution < 1.29 is 24.6 Å². The Bertz CT molecular complexity index is 1860. The van der Waals surface area contributed by atoms with E-state index >= 15 is 0 Å². The number of carbonyl (C=O) groups is 3. The molecule has 0 unspecified atom stereocenters. The predicted molar refractivity (Wildman–Crippen MR) is 190 cm³/mol. The SMILES string of the molecule is C[C@@H](/C=C/CC(=O)N(CCO)Cc1ccccc1)[C@]1(O)C(=O)N(Cc2ccc(N3N=C(c4ccccc4)CCC3=O)cc2)c2ccccc21. The Kier molecular flexibility index (Phi) is 10.1. The van der Waals surface area contributed by atoms with Crippen LogP contribution >= 0.6 is 0 Å². The quantitative estimate of drug-likeness (QED) is 0.194. The normalized spacial score (nSPS) is 18.1. The van der Waals surface area contributed by atoms with Crippen molar-refractivity contribution in [3.8, 4) is 0 Å². The van der Waals surface area contributed by atoms with Gasteiger partial charge in [0.25, 0.3) is 5.91 Å². The number of hydrogen-bond acceptors (Lipinski definition) is 6. The molecule has 0 aliphatic carbocycles. The molecule has 3 amide bonds. The number of nitrogens with zero attached hydrogens (tertiary/aromatic N) is 4. The molecule has 0 fully saturated rings. The molecule has 0 aromatic heterocycles. The van der Waals surface area contributed by atoms with Crippen molar-refractivity contribution in [2.75, 3.05) is 23.1 Å². The van der Waals surface area contributed by atoms with Gasteiger partial charge in [-0.1, -0.05) is 110 Å². The molecule has 9 heteroatoms. The summed E-state index contributed by atoms with van der Waals surface area (Å²) in [4.78, 5) is 43.1. The van der Waals surface area contributed by atoms with Crippen LogP contribution in [0.3, 0.4) is 0 Å². The van der Waals surface area contributed by atoms with E-state index in [1.54, 1.807) is 41.0 Å². The van der Waals surface area contributed by atoms with Crippen LogP contribution in [0.4, 0.5) is 11.4 Å². The first-order valence-corrected chi connectivity index (χ1v) is 16.6. The Morgan fingerprint density at radius 2 is 1.57 bits per heavy atom. The van der Waals surface area contributed by atoms with Crippen molar-refractivity contribution >= 4 is 34.8 Å². The molecule has 0 radical (unpaired) electrons. The van der Waals surface area contributed by atoms with E-state index in [0.717, 1.165) is 22.4 Å². The molecule has 6 rings (SSSR count). The Morgan fingerprint density at radius 1 is 0.898 bits per heavy atom. The van der Waals surface area contributed by atoms with Gasteiger partial charge in [0.05, 0.1) is 30.2 Å². The largest absolute Gasteiger partial charge is 0.395 e. The predicted octanol–water partition coefficient (Wildman–Crippen LogP) is 5.56. The smallest absolute Gasteiger partial charge is 0.264 e. The number of anilines is 2. The summed E-state index contributed by atoms with van der Waals surface area (Å²) in [6.07, 6.45) is 4.41. The molecular weight excluding hydrogens is 616 g/mol. The third-order valence-electron chi connectivity index (χ3n) is 9.15. The second-order valence-electron chi connectivity index (χ2n) is 12.4. The molecule has 0 bridgehead atoms. The van der Waals surface area contributed by atoms with Gasteiger partial charge in [-0.2, -0.15) is 5.10 Å². The van der Waals surface area contributed by atoms with Crippen LogP contribution in [0.25, 0.3) is 0 Å². The number of aliphatic hydroxyl groups is 2. The zero-order valence-corrected chi connectivity index (χ0v) is 27.5. The first-order valence-electron chi connectivity index (χ1n) is 16.6. The second kappa shape index (κ2) is 14.8. The highest BCUT2D eigenvalue weighted by Gasteiger charge is 2.52. The summed E-state index contributed by atoms with van der Waals surface area (Å²) in [6, 6.07) is 34.0. The van der Waals surface area contributed by atoms with Crippen LogP contribution < -0.4 is 9.91 Å².